The fraction of sp³-hybridized carbons (Fsp3) is 0.115. The fourth-order valence-electron chi connectivity index (χ4n) is 3.52. The second kappa shape index (κ2) is 8.79. The van der Waals surface area contributed by atoms with E-state index < -0.39 is 11.9 Å². The van der Waals surface area contributed by atoms with Gasteiger partial charge in [-0.05, 0) is 36.2 Å². The largest absolute Gasteiger partial charge is 0.465 e. The first-order valence-corrected chi connectivity index (χ1v) is 9.87. The van der Waals surface area contributed by atoms with Crippen molar-refractivity contribution in [1.29, 1.82) is 0 Å². The Morgan fingerprint density at radius 2 is 1.52 bits per heavy atom. The minimum Gasteiger partial charge on any atom is -0.465 e. The molecule has 0 aliphatic carbocycles. The fourth-order valence-corrected chi connectivity index (χ4v) is 3.52. The molecule has 31 heavy (non-hydrogen) atoms. The van der Waals surface area contributed by atoms with Crippen LogP contribution < -0.4 is 0 Å². The number of rotatable bonds is 5. The highest BCUT2D eigenvalue weighted by Crippen LogP contribution is 2.30. The van der Waals surface area contributed by atoms with Gasteiger partial charge in [0.05, 0.1) is 29.4 Å². The molecule has 154 valence electrons. The first-order valence-electron chi connectivity index (χ1n) is 9.87. The number of nitrogens with zero attached hydrogens (tertiary/aromatic N) is 1. The van der Waals surface area contributed by atoms with Crippen LogP contribution >= 0.6 is 0 Å². The molecule has 4 rings (SSSR count). The number of benzene rings is 3. The highest BCUT2D eigenvalue weighted by atomic mass is 16.5. The van der Waals surface area contributed by atoms with Crippen LogP contribution in [0.15, 0.2) is 78.9 Å². The molecule has 0 N–H and O–H groups in total. The van der Waals surface area contributed by atoms with E-state index in [4.69, 9.17) is 14.5 Å². The molecule has 5 heteroatoms. The zero-order chi connectivity index (χ0) is 21.8. The van der Waals surface area contributed by atoms with Crippen LogP contribution in [0.3, 0.4) is 0 Å². The minimum absolute atomic E-state index is 0.0943. The van der Waals surface area contributed by atoms with Gasteiger partial charge in [0.1, 0.15) is 6.61 Å². The Labute approximate surface area is 180 Å². The summed E-state index contributed by atoms with van der Waals surface area (Å²) in [5.41, 5.74) is 4.95. The van der Waals surface area contributed by atoms with Crippen LogP contribution in [0.5, 0.6) is 0 Å². The molecule has 0 radical (unpaired) electrons. The molecule has 0 spiro atoms. The number of esters is 2. The molecule has 0 aliphatic heterocycles. The number of para-hydroxylation sites is 1. The van der Waals surface area contributed by atoms with E-state index in [1.54, 1.807) is 24.3 Å². The zero-order valence-electron chi connectivity index (χ0n) is 17.3. The number of carbonyl (C=O) groups excluding carboxylic acids is 2. The monoisotopic (exact) mass is 411 g/mol. The lowest BCUT2D eigenvalue weighted by atomic mass is 9.98. The summed E-state index contributed by atoms with van der Waals surface area (Å²) in [7, 11) is 1.34. The topological polar surface area (TPSA) is 65.5 Å². The van der Waals surface area contributed by atoms with Crippen LogP contribution in [0.4, 0.5) is 0 Å². The molecule has 0 saturated heterocycles. The number of pyridine rings is 1. The summed E-state index contributed by atoms with van der Waals surface area (Å²) >= 11 is 0. The van der Waals surface area contributed by atoms with Crippen LogP contribution in [0.1, 0.15) is 31.8 Å². The number of carbonyl (C=O) groups is 2. The predicted octanol–water partition coefficient (Wildman–Crippen LogP) is 5.35. The molecule has 0 fully saturated rings. The average Bonchev–Trinajstić information content (AvgIpc) is 2.82. The third-order valence-corrected chi connectivity index (χ3v) is 5.13. The molecule has 0 saturated carbocycles. The highest BCUT2D eigenvalue weighted by Gasteiger charge is 2.20. The lowest BCUT2D eigenvalue weighted by Gasteiger charge is -2.14. The van der Waals surface area contributed by atoms with Crippen molar-refractivity contribution in [3.63, 3.8) is 0 Å². The average molecular weight is 411 g/mol. The van der Waals surface area contributed by atoms with Gasteiger partial charge in [0.15, 0.2) is 0 Å². The quantitative estimate of drug-likeness (QED) is 0.414. The molecule has 3 aromatic carbocycles. The van der Waals surface area contributed by atoms with Crippen molar-refractivity contribution in [2.45, 2.75) is 13.5 Å². The third kappa shape index (κ3) is 4.16. The van der Waals surface area contributed by atoms with Gasteiger partial charge in [0, 0.05) is 10.9 Å². The van der Waals surface area contributed by atoms with Crippen molar-refractivity contribution in [1.82, 2.24) is 4.98 Å². The van der Waals surface area contributed by atoms with Crippen LogP contribution in [-0.4, -0.2) is 24.0 Å². The van der Waals surface area contributed by atoms with Crippen LogP contribution in [0.25, 0.3) is 22.2 Å². The number of fused-ring (bicyclic) bond motifs is 1. The second-order valence-electron chi connectivity index (χ2n) is 7.11. The summed E-state index contributed by atoms with van der Waals surface area (Å²) in [5, 5.41) is 0.755. The maximum Gasteiger partial charge on any atom is 0.339 e. The second-order valence-corrected chi connectivity index (χ2v) is 7.11. The van der Waals surface area contributed by atoms with Gasteiger partial charge in [-0.1, -0.05) is 60.7 Å². The molecule has 1 heterocycles. The van der Waals surface area contributed by atoms with Gasteiger partial charge in [-0.25, -0.2) is 14.6 Å². The Kier molecular flexibility index (Phi) is 5.76. The van der Waals surface area contributed by atoms with Crippen molar-refractivity contribution in [2.75, 3.05) is 7.11 Å². The number of hydrogen-bond donors (Lipinski definition) is 0. The number of ether oxygens (including phenoxy) is 2. The van der Waals surface area contributed by atoms with E-state index in [-0.39, 0.29) is 6.61 Å². The Balaban J connectivity index is 1.66. The van der Waals surface area contributed by atoms with Gasteiger partial charge < -0.3 is 9.47 Å². The summed E-state index contributed by atoms with van der Waals surface area (Å²) in [4.78, 5) is 29.5. The van der Waals surface area contributed by atoms with Gasteiger partial charge >= 0.3 is 11.9 Å². The summed E-state index contributed by atoms with van der Waals surface area (Å²) < 4.78 is 10.3. The van der Waals surface area contributed by atoms with E-state index in [9.17, 15) is 9.59 Å². The Bertz CT molecular complexity index is 1250. The van der Waals surface area contributed by atoms with Crippen LogP contribution in [0, 0.1) is 6.92 Å². The first-order chi connectivity index (χ1) is 15.1. The zero-order valence-corrected chi connectivity index (χ0v) is 17.3. The van der Waals surface area contributed by atoms with E-state index in [1.165, 1.54) is 7.11 Å². The van der Waals surface area contributed by atoms with Gasteiger partial charge in [0.2, 0.25) is 0 Å². The van der Waals surface area contributed by atoms with Crippen LogP contribution in [0.2, 0.25) is 0 Å². The molecule has 0 atom stereocenters. The normalized spacial score (nSPS) is 10.6. The summed E-state index contributed by atoms with van der Waals surface area (Å²) in [6.45, 7) is 1.99. The van der Waals surface area contributed by atoms with E-state index in [1.807, 2.05) is 61.5 Å². The molecule has 0 aliphatic rings. The predicted molar refractivity (Wildman–Crippen MR) is 119 cm³/mol. The molecule has 0 amide bonds. The number of methoxy groups -OCH3 is 1. The highest BCUT2D eigenvalue weighted by molar-refractivity contribution is 6.06. The maximum absolute atomic E-state index is 13.1. The van der Waals surface area contributed by atoms with Crippen molar-refractivity contribution in [3.8, 4) is 11.3 Å². The molecule has 1 aromatic heterocycles. The summed E-state index contributed by atoms with van der Waals surface area (Å²) in [5.74, 6) is -0.818. The lowest BCUT2D eigenvalue weighted by molar-refractivity contribution is 0.0473. The van der Waals surface area contributed by atoms with Crippen molar-refractivity contribution < 1.29 is 19.1 Å². The summed E-state index contributed by atoms with van der Waals surface area (Å²) in [6, 6.07) is 24.1. The smallest absolute Gasteiger partial charge is 0.339 e. The molecule has 0 bridgehead atoms. The van der Waals surface area contributed by atoms with Gasteiger partial charge in [-0.15, -0.1) is 0 Å². The lowest BCUT2D eigenvalue weighted by Crippen LogP contribution is -2.10. The molecule has 0 unspecified atom stereocenters. The van der Waals surface area contributed by atoms with Gasteiger partial charge in [-0.3, -0.25) is 0 Å². The van der Waals surface area contributed by atoms with Crippen molar-refractivity contribution in [3.05, 3.63) is 101 Å². The SMILES string of the molecule is COC(=O)c1ccc(COC(=O)c2c(C)c(-c3ccccc3)nc3ccccc23)cc1. The van der Waals surface area contributed by atoms with Gasteiger partial charge in [0.25, 0.3) is 0 Å². The van der Waals surface area contributed by atoms with Crippen LogP contribution in [-0.2, 0) is 16.1 Å². The maximum atomic E-state index is 13.1. The molecule has 5 nitrogen and oxygen atoms in total. The van der Waals surface area contributed by atoms with Crippen molar-refractivity contribution >= 4 is 22.8 Å². The first kappa shape index (κ1) is 20.3. The minimum atomic E-state index is -0.412. The molecular weight excluding hydrogens is 390 g/mol. The van der Waals surface area contributed by atoms with E-state index in [0.717, 1.165) is 33.3 Å². The Morgan fingerprint density at radius 1 is 0.839 bits per heavy atom. The molecular formula is C26H21NO4. The van der Waals surface area contributed by atoms with Crippen molar-refractivity contribution in [2.24, 2.45) is 0 Å². The third-order valence-electron chi connectivity index (χ3n) is 5.13. The Morgan fingerprint density at radius 3 is 2.23 bits per heavy atom. The van der Waals surface area contributed by atoms with E-state index >= 15 is 0 Å². The van der Waals surface area contributed by atoms with E-state index in [2.05, 4.69) is 0 Å². The standard InChI is InChI=1S/C26H21NO4/c1-17-23(26(29)31-16-18-12-14-20(15-13-18)25(28)30-2)21-10-6-7-11-22(21)27-24(17)19-8-4-3-5-9-19/h3-15H,16H2,1-2H3. The summed E-state index contributed by atoms with van der Waals surface area (Å²) in [6.07, 6.45) is 0. The van der Waals surface area contributed by atoms with Gasteiger partial charge in [-0.2, -0.15) is 0 Å². The Hall–Kier alpha value is -3.99. The molecule has 4 aromatic rings. The number of hydrogen-bond acceptors (Lipinski definition) is 5. The number of aromatic nitrogens is 1. The van der Waals surface area contributed by atoms with E-state index in [0.29, 0.717) is 11.1 Å².